The molecule has 0 bridgehead atoms. The quantitative estimate of drug-likeness (QED) is 0.606. The number of carbonyl (C=O) groups is 1. The number of hydrogen-bond acceptors (Lipinski definition) is 3. The van der Waals surface area contributed by atoms with Gasteiger partial charge in [0, 0.05) is 5.69 Å². The molecule has 0 atom stereocenters. The molecule has 0 fully saturated rings. The number of amides is 1. The van der Waals surface area contributed by atoms with Gasteiger partial charge in [0.25, 0.3) is 15.9 Å². The molecule has 0 aromatic heterocycles. The minimum Gasteiger partial charge on any atom is -0.322 e. The number of rotatable bonds is 5. The molecule has 27 heavy (non-hydrogen) atoms. The lowest BCUT2D eigenvalue weighted by molar-refractivity contribution is 0.102. The number of para-hydroxylation sites is 2. The molecule has 3 aromatic rings. The van der Waals surface area contributed by atoms with E-state index in [0.717, 1.165) is 0 Å². The monoisotopic (exact) mass is 420 g/mol. The predicted octanol–water partition coefficient (Wildman–Crippen LogP) is 5.05. The van der Waals surface area contributed by atoms with E-state index >= 15 is 0 Å². The zero-order chi connectivity index (χ0) is 19.4. The van der Waals surface area contributed by atoms with Gasteiger partial charge in [-0.1, -0.05) is 53.5 Å². The first-order valence-corrected chi connectivity index (χ1v) is 10.0. The van der Waals surface area contributed by atoms with Gasteiger partial charge in [-0.3, -0.25) is 9.52 Å². The summed E-state index contributed by atoms with van der Waals surface area (Å²) in [6, 6.07) is 19.2. The third kappa shape index (κ3) is 4.60. The van der Waals surface area contributed by atoms with Crippen LogP contribution in [0.3, 0.4) is 0 Å². The molecule has 3 rings (SSSR count). The second kappa shape index (κ2) is 8.00. The fourth-order valence-corrected chi connectivity index (χ4v) is 3.81. The molecule has 0 aliphatic heterocycles. The molecule has 5 nitrogen and oxygen atoms in total. The van der Waals surface area contributed by atoms with Crippen molar-refractivity contribution in [1.82, 2.24) is 0 Å². The molecule has 0 heterocycles. The zero-order valence-electron chi connectivity index (χ0n) is 13.8. The Morgan fingerprint density at radius 2 is 1.48 bits per heavy atom. The van der Waals surface area contributed by atoms with Crippen LogP contribution in [-0.4, -0.2) is 14.3 Å². The standard InChI is InChI=1S/C19H14Cl2N2O3S/c20-16-11-10-14(12-17(16)21)27(25,26)23-18-9-5-4-8-15(18)19(24)22-13-6-2-1-3-7-13/h1-12,23H,(H,22,24). The Kier molecular flexibility index (Phi) is 5.70. The number of halogens is 2. The van der Waals surface area contributed by atoms with Crippen LogP contribution < -0.4 is 10.0 Å². The van der Waals surface area contributed by atoms with Gasteiger partial charge in [-0.15, -0.1) is 0 Å². The lowest BCUT2D eigenvalue weighted by atomic mass is 10.1. The van der Waals surface area contributed by atoms with Crippen molar-refractivity contribution in [1.29, 1.82) is 0 Å². The van der Waals surface area contributed by atoms with Crippen molar-refractivity contribution < 1.29 is 13.2 Å². The van der Waals surface area contributed by atoms with Gasteiger partial charge in [0.15, 0.2) is 0 Å². The fourth-order valence-electron chi connectivity index (χ4n) is 2.34. The van der Waals surface area contributed by atoms with Gasteiger partial charge in [0.1, 0.15) is 0 Å². The number of hydrogen-bond donors (Lipinski definition) is 2. The van der Waals surface area contributed by atoms with Crippen LogP contribution in [0.1, 0.15) is 10.4 Å². The van der Waals surface area contributed by atoms with E-state index < -0.39 is 15.9 Å². The molecule has 138 valence electrons. The number of nitrogens with one attached hydrogen (secondary N) is 2. The van der Waals surface area contributed by atoms with Crippen LogP contribution in [-0.2, 0) is 10.0 Å². The lowest BCUT2D eigenvalue weighted by Gasteiger charge is -2.13. The normalized spacial score (nSPS) is 11.0. The summed E-state index contributed by atoms with van der Waals surface area (Å²) in [6.07, 6.45) is 0. The molecular formula is C19H14Cl2N2O3S. The molecule has 0 spiro atoms. The van der Waals surface area contributed by atoms with E-state index in [-0.39, 0.29) is 26.2 Å². The minimum atomic E-state index is -3.95. The van der Waals surface area contributed by atoms with Gasteiger partial charge in [0.05, 0.1) is 26.2 Å². The fraction of sp³-hybridized carbons (Fsp3) is 0. The smallest absolute Gasteiger partial charge is 0.261 e. The van der Waals surface area contributed by atoms with Crippen molar-refractivity contribution in [2.24, 2.45) is 0 Å². The van der Waals surface area contributed by atoms with Gasteiger partial charge in [-0.05, 0) is 42.5 Å². The maximum Gasteiger partial charge on any atom is 0.261 e. The van der Waals surface area contributed by atoms with Gasteiger partial charge in [-0.25, -0.2) is 8.42 Å². The Balaban J connectivity index is 1.89. The van der Waals surface area contributed by atoms with Crippen molar-refractivity contribution >= 4 is 50.5 Å². The first-order chi connectivity index (χ1) is 12.9. The Hall–Kier alpha value is -2.54. The number of anilines is 2. The molecule has 0 saturated carbocycles. The predicted molar refractivity (Wildman–Crippen MR) is 108 cm³/mol. The summed E-state index contributed by atoms with van der Waals surface area (Å²) in [7, 11) is -3.95. The topological polar surface area (TPSA) is 75.3 Å². The summed E-state index contributed by atoms with van der Waals surface area (Å²) in [5.74, 6) is -0.436. The highest BCUT2D eigenvalue weighted by atomic mass is 35.5. The van der Waals surface area contributed by atoms with Crippen LogP contribution in [0.15, 0.2) is 77.7 Å². The summed E-state index contributed by atoms with van der Waals surface area (Å²) >= 11 is 11.7. The molecule has 0 aliphatic carbocycles. The van der Waals surface area contributed by atoms with E-state index in [1.165, 1.54) is 30.3 Å². The molecule has 0 unspecified atom stereocenters. The van der Waals surface area contributed by atoms with Gasteiger partial charge in [-0.2, -0.15) is 0 Å². The summed E-state index contributed by atoms with van der Waals surface area (Å²) in [5, 5.41) is 3.10. The van der Waals surface area contributed by atoms with Crippen LogP contribution in [0.5, 0.6) is 0 Å². The van der Waals surface area contributed by atoms with Gasteiger partial charge < -0.3 is 5.32 Å². The summed E-state index contributed by atoms with van der Waals surface area (Å²) in [4.78, 5) is 12.5. The van der Waals surface area contributed by atoms with Crippen LogP contribution >= 0.6 is 23.2 Å². The molecule has 0 saturated heterocycles. The van der Waals surface area contributed by atoms with E-state index in [2.05, 4.69) is 10.0 Å². The largest absolute Gasteiger partial charge is 0.322 e. The first-order valence-electron chi connectivity index (χ1n) is 7.80. The van der Waals surface area contributed by atoms with Crippen molar-refractivity contribution in [2.45, 2.75) is 4.90 Å². The Morgan fingerprint density at radius 1 is 0.815 bits per heavy atom. The molecule has 0 aliphatic rings. The molecular weight excluding hydrogens is 407 g/mol. The average Bonchev–Trinajstić information content (AvgIpc) is 2.65. The van der Waals surface area contributed by atoms with Crippen molar-refractivity contribution in [3.05, 3.63) is 88.4 Å². The van der Waals surface area contributed by atoms with E-state index in [4.69, 9.17) is 23.2 Å². The second-order valence-corrected chi connectivity index (χ2v) is 8.04. The maximum atomic E-state index is 12.7. The molecule has 1 amide bonds. The average molecular weight is 421 g/mol. The van der Waals surface area contributed by atoms with Crippen LogP contribution in [0.25, 0.3) is 0 Å². The van der Waals surface area contributed by atoms with E-state index in [1.54, 1.807) is 36.4 Å². The molecule has 2 N–H and O–H groups in total. The van der Waals surface area contributed by atoms with Crippen molar-refractivity contribution in [3.8, 4) is 0 Å². The Bertz CT molecular complexity index is 1090. The summed E-state index contributed by atoms with van der Waals surface area (Å²) < 4.78 is 27.7. The van der Waals surface area contributed by atoms with Crippen LogP contribution in [0.4, 0.5) is 11.4 Å². The molecule has 8 heteroatoms. The third-order valence-electron chi connectivity index (χ3n) is 3.65. The zero-order valence-corrected chi connectivity index (χ0v) is 16.1. The lowest BCUT2D eigenvalue weighted by Crippen LogP contribution is -2.18. The SMILES string of the molecule is O=C(Nc1ccccc1)c1ccccc1NS(=O)(=O)c1ccc(Cl)c(Cl)c1. The van der Waals surface area contributed by atoms with E-state index in [0.29, 0.717) is 5.69 Å². The second-order valence-electron chi connectivity index (χ2n) is 5.55. The Morgan fingerprint density at radius 3 is 2.19 bits per heavy atom. The van der Waals surface area contributed by atoms with Crippen LogP contribution in [0.2, 0.25) is 10.0 Å². The molecule has 0 radical (unpaired) electrons. The highest BCUT2D eigenvalue weighted by molar-refractivity contribution is 7.92. The highest BCUT2D eigenvalue weighted by Gasteiger charge is 2.19. The maximum absolute atomic E-state index is 12.7. The van der Waals surface area contributed by atoms with E-state index in [9.17, 15) is 13.2 Å². The van der Waals surface area contributed by atoms with Gasteiger partial charge in [0.2, 0.25) is 0 Å². The summed E-state index contributed by atoms with van der Waals surface area (Å²) in [6.45, 7) is 0. The third-order valence-corrected chi connectivity index (χ3v) is 5.75. The number of benzene rings is 3. The van der Waals surface area contributed by atoms with E-state index in [1.807, 2.05) is 6.07 Å². The summed E-state index contributed by atoms with van der Waals surface area (Å²) in [5.41, 5.74) is 0.937. The number of carbonyl (C=O) groups excluding carboxylic acids is 1. The van der Waals surface area contributed by atoms with Crippen molar-refractivity contribution in [3.63, 3.8) is 0 Å². The van der Waals surface area contributed by atoms with Crippen molar-refractivity contribution in [2.75, 3.05) is 10.0 Å². The minimum absolute atomic E-state index is 0.0600. The van der Waals surface area contributed by atoms with Gasteiger partial charge >= 0.3 is 0 Å². The number of sulfonamides is 1. The molecule has 3 aromatic carbocycles. The van der Waals surface area contributed by atoms with Crippen LogP contribution in [0, 0.1) is 0 Å². The Labute approximate surface area is 167 Å². The highest BCUT2D eigenvalue weighted by Crippen LogP contribution is 2.27. The first kappa shape index (κ1) is 19.2.